The second-order valence-electron chi connectivity index (χ2n) is 6.58. The molecule has 138 valence electrons. The van der Waals surface area contributed by atoms with Crippen molar-refractivity contribution in [2.75, 3.05) is 13.1 Å². The average Bonchev–Trinajstić information content (AvgIpc) is 3.08. The van der Waals surface area contributed by atoms with Crippen LogP contribution >= 0.6 is 0 Å². The number of hydrogen-bond acceptors (Lipinski definition) is 5. The summed E-state index contributed by atoms with van der Waals surface area (Å²) in [6.07, 6.45) is 0.910. The average molecular weight is 354 g/mol. The number of H-pyrrole nitrogens is 1. The molecular formula is C20H26N4O2. The first kappa shape index (κ1) is 18.4. The maximum absolute atomic E-state index is 10.4. The normalized spacial score (nSPS) is 13.8. The quantitative estimate of drug-likeness (QED) is 0.346. The Morgan fingerprint density at radius 2 is 1.77 bits per heavy atom. The summed E-state index contributed by atoms with van der Waals surface area (Å²) in [6.45, 7) is 1.15. The Hall–Kier alpha value is -2.38. The number of hydrogen-bond donors (Lipinski definition) is 6. The van der Waals surface area contributed by atoms with Crippen LogP contribution in [0.15, 0.2) is 48.5 Å². The van der Waals surface area contributed by atoms with Gasteiger partial charge in [0.15, 0.2) is 0 Å². The Bertz CT molecular complexity index is 845. The third-order valence-corrected chi connectivity index (χ3v) is 4.49. The van der Waals surface area contributed by atoms with Crippen LogP contribution in [0.1, 0.15) is 24.8 Å². The fraction of sp³-hybridized carbons (Fsp3) is 0.300. The number of phenols is 1. The Morgan fingerprint density at radius 1 is 1.04 bits per heavy atom. The van der Waals surface area contributed by atoms with Gasteiger partial charge < -0.3 is 26.7 Å². The van der Waals surface area contributed by atoms with E-state index in [4.69, 9.17) is 11.5 Å². The Labute approximate surface area is 152 Å². The number of fused-ring (bicyclic) bond motifs is 1. The maximum Gasteiger partial charge on any atom is 0.146 e. The zero-order valence-electron chi connectivity index (χ0n) is 14.7. The van der Waals surface area contributed by atoms with Crippen LogP contribution in [0.2, 0.25) is 0 Å². The van der Waals surface area contributed by atoms with E-state index in [0.29, 0.717) is 18.8 Å². The molecule has 0 aliphatic carbocycles. The van der Waals surface area contributed by atoms with E-state index in [1.807, 2.05) is 36.4 Å². The minimum Gasteiger partial charge on any atom is -0.508 e. The fourth-order valence-corrected chi connectivity index (χ4v) is 2.99. The number of aromatic hydroxyl groups is 1. The molecule has 0 saturated heterocycles. The van der Waals surface area contributed by atoms with Gasteiger partial charge in [0, 0.05) is 18.1 Å². The van der Waals surface area contributed by atoms with Crippen LogP contribution in [0.5, 0.6) is 5.75 Å². The van der Waals surface area contributed by atoms with Crippen molar-refractivity contribution in [1.29, 1.82) is 0 Å². The second kappa shape index (κ2) is 8.33. The molecule has 3 aromatic rings. The van der Waals surface area contributed by atoms with E-state index in [2.05, 4.69) is 10.3 Å². The van der Waals surface area contributed by atoms with Gasteiger partial charge in [-0.15, -0.1) is 0 Å². The zero-order valence-corrected chi connectivity index (χ0v) is 14.7. The number of aliphatic hydroxyl groups is 1. The van der Waals surface area contributed by atoms with Crippen LogP contribution < -0.4 is 16.8 Å². The van der Waals surface area contributed by atoms with Crippen LogP contribution in [-0.2, 0) is 0 Å². The number of phenolic OH excluding ortho intramolecular Hbond substituents is 1. The molecule has 1 heterocycles. The Kier molecular flexibility index (Phi) is 5.90. The lowest BCUT2D eigenvalue weighted by atomic mass is 10.0. The van der Waals surface area contributed by atoms with Crippen LogP contribution in [0.25, 0.3) is 22.0 Å². The molecule has 1 unspecified atom stereocenters. The van der Waals surface area contributed by atoms with E-state index in [-0.39, 0.29) is 11.8 Å². The van der Waals surface area contributed by atoms with Gasteiger partial charge in [0.1, 0.15) is 12.0 Å². The van der Waals surface area contributed by atoms with Crippen LogP contribution in [0.3, 0.4) is 0 Å². The van der Waals surface area contributed by atoms with Crippen molar-refractivity contribution in [3.05, 3.63) is 54.2 Å². The van der Waals surface area contributed by atoms with Gasteiger partial charge in [0.2, 0.25) is 0 Å². The summed E-state index contributed by atoms with van der Waals surface area (Å²) < 4.78 is 0. The summed E-state index contributed by atoms with van der Waals surface area (Å²) in [6, 6.07) is 15.1. The van der Waals surface area contributed by atoms with E-state index in [0.717, 1.165) is 34.9 Å². The molecule has 0 fully saturated rings. The summed E-state index contributed by atoms with van der Waals surface area (Å²) in [5.74, 6) is 0.246. The minimum absolute atomic E-state index is 0.0290. The van der Waals surface area contributed by atoms with Crippen molar-refractivity contribution in [1.82, 2.24) is 10.3 Å². The minimum atomic E-state index is -0.802. The van der Waals surface area contributed by atoms with E-state index in [9.17, 15) is 10.2 Å². The van der Waals surface area contributed by atoms with Crippen molar-refractivity contribution < 1.29 is 10.2 Å². The number of nitrogens with one attached hydrogen (secondary N) is 2. The summed E-state index contributed by atoms with van der Waals surface area (Å²) in [5.41, 5.74) is 15.2. The summed E-state index contributed by atoms with van der Waals surface area (Å²) in [4.78, 5) is 3.26. The van der Waals surface area contributed by atoms with E-state index < -0.39 is 6.23 Å². The molecular weight excluding hydrogens is 328 g/mol. The molecule has 26 heavy (non-hydrogen) atoms. The summed E-state index contributed by atoms with van der Waals surface area (Å²) >= 11 is 0. The highest BCUT2D eigenvalue weighted by molar-refractivity contribution is 5.85. The van der Waals surface area contributed by atoms with Crippen molar-refractivity contribution in [3.8, 4) is 16.9 Å². The fourth-order valence-electron chi connectivity index (χ4n) is 2.99. The second-order valence-corrected chi connectivity index (χ2v) is 6.58. The highest BCUT2D eigenvalue weighted by atomic mass is 16.3. The SMILES string of the molecule is NCCC[C@@H](N)CNC(O)c1cc2ccc(-c3ccc(O)cc3)cc2[nH]1. The van der Waals surface area contributed by atoms with E-state index in [1.165, 1.54) is 0 Å². The maximum atomic E-state index is 10.4. The molecule has 8 N–H and O–H groups in total. The molecule has 0 bridgehead atoms. The van der Waals surface area contributed by atoms with Gasteiger partial charge in [0.05, 0.1) is 5.69 Å². The van der Waals surface area contributed by atoms with Crippen LogP contribution in [0, 0.1) is 0 Å². The molecule has 1 aromatic heterocycles. The standard InChI is InChI=1S/C20H26N4O2/c21-9-1-2-16(22)12-23-20(26)19-11-15-4-3-14(10-18(15)24-19)13-5-7-17(25)8-6-13/h3-8,10-11,16,20,23-26H,1-2,9,12,21-22H2/t16-,20?/m1/s1. The van der Waals surface area contributed by atoms with Crippen molar-refractivity contribution in [2.45, 2.75) is 25.1 Å². The lowest BCUT2D eigenvalue weighted by Gasteiger charge is -2.15. The van der Waals surface area contributed by atoms with E-state index >= 15 is 0 Å². The van der Waals surface area contributed by atoms with Gasteiger partial charge in [-0.05, 0) is 60.2 Å². The number of benzene rings is 2. The molecule has 0 amide bonds. The third kappa shape index (κ3) is 4.42. The molecule has 0 aliphatic heterocycles. The van der Waals surface area contributed by atoms with Gasteiger partial charge in [-0.2, -0.15) is 0 Å². The summed E-state index contributed by atoms with van der Waals surface area (Å²) in [7, 11) is 0. The molecule has 2 aromatic carbocycles. The predicted octanol–water partition coefficient (Wildman–Crippen LogP) is 2.19. The topological polar surface area (TPSA) is 120 Å². The van der Waals surface area contributed by atoms with Gasteiger partial charge >= 0.3 is 0 Å². The Morgan fingerprint density at radius 3 is 2.50 bits per heavy atom. The van der Waals surface area contributed by atoms with Gasteiger partial charge in [-0.25, -0.2) is 0 Å². The summed E-state index contributed by atoms with van der Waals surface area (Å²) in [5, 5.41) is 23.9. The Balaban J connectivity index is 1.71. The third-order valence-electron chi connectivity index (χ3n) is 4.49. The van der Waals surface area contributed by atoms with Gasteiger partial charge in [0.25, 0.3) is 0 Å². The number of rotatable bonds is 8. The molecule has 0 aliphatic rings. The molecule has 3 rings (SSSR count). The molecule has 0 radical (unpaired) electrons. The van der Waals surface area contributed by atoms with Crippen molar-refractivity contribution in [3.63, 3.8) is 0 Å². The first-order valence-electron chi connectivity index (χ1n) is 8.86. The largest absolute Gasteiger partial charge is 0.508 e. The van der Waals surface area contributed by atoms with Crippen molar-refractivity contribution in [2.24, 2.45) is 11.5 Å². The number of aliphatic hydroxyl groups excluding tert-OH is 1. The van der Waals surface area contributed by atoms with Crippen LogP contribution in [-0.4, -0.2) is 34.3 Å². The first-order valence-corrected chi connectivity index (χ1v) is 8.86. The number of aromatic amines is 1. The monoisotopic (exact) mass is 354 g/mol. The first-order chi connectivity index (χ1) is 12.6. The molecule has 6 heteroatoms. The molecule has 6 nitrogen and oxygen atoms in total. The number of aromatic nitrogens is 1. The smallest absolute Gasteiger partial charge is 0.146 e. The van der Waals surface area contributed by atoms with E-state index in [1.54, 1.807) is 12.1 Å². The predicted molar refractivity (Wildman–Crippen MR) is 105 cm³/mol. The molecule has 2 atom stereocenters. The highest BCUT2D eigenvalue weighted by Crippen LogP contribution is 2.27. The number of nitrogens with two attached hydrogens (primary N) is 2. The van der Waals surface area contributed by atoms with Gasteiger partial charge in [-0.3, -0.25) is 5.32 Å². The lowest BCUT2D eigenvalue weighted by molar-refractivity contribution is 0.133. The van der Waals surface area contributed by atoms with Crippen LogP contribution in [0.4, 0.5) is 0 Å². The molecule has 0 saturated carbocycles. The highest BCUT2D eigenvalue weighted by Gasteiger charge is 2.12. The lowest BCUT2D eigenvalue weighted by Crippen LogP contribution is -2.36. The zero-order chi connectivity index (χ0) is 18.5. The van der Waals surface area contributed by atoms with Gasteiger partial charge in [-0.1, -0.05) is 24.3 Å². The van der Waals surface area contributed by atoms with Crippen molar-refractivity contribution >= 4 is 10.9 Å². The molecule has 0 spiro atoms.